The van der Waals surface area contributed by atoms with Crippen molar-refractivity contribution in [1.29, 1.82) is 0 Å². The third kappa shape index (κ3) is 5.40. The minimum Gasteiger partial charge on any atom is -0.489 e. The molecule has 0 bridgehead atoms. The van der Waals surface area contributed by atoms with Gasteiger partial charge >= 0.3 is 0 Å². The molecule has 23 heavy (non-hydrogen) atoms. The zero-order valence-electron chi connectivity index (χ0n) is 15.0. The van der Waals surface area contributed by atoms with E-state index in [9.17, 15) is 5.11 Å². The van der Waals surface area contributed by atoms with Crippen molar-refractivity contribution in [3.8, 4) is 5.75 Å². The summed E-state index contributed by atoms with van der Waals surface area (Å²) in [6.07, 6.45) is 1.67. The van der Waals surface area contributed by atoms with Crippen molar-refractivity contribution in [2.45, 2.75) is 52.7 Å². The fourth-order valence-electron chi connectivity index (χ4n) is 3.58. The van der Waals surface area contributed by atoms with Gasteiger partial charge in [-0.1, -0.05) is 19.9 Å². The van der Waals surface area contributed by atoms with E-state index < -0.39 is 6.10 Å². The normalized spacial score (nSPS) is 23.9. The summed E-state index contributed by atoms with van der Waals surface area (Å²) in [5, 5.41) is 10.5. The number of hydrogen-bond acceptors (Lipinski definition) is 4. The number of nitrogens with zero attached hydrogens (tertiary/aromatic N) is 1. The topological polar surface area (TPSA) is 58.7 Å². The Morgan fingerprint density at radius 2 is 1.91 bits per heavy atom. The largest absolute Gasteiger partial charge is 0.489 e. The molecule has 0 saturated carbocycles. The first-order valence-electron chi connectivity index (χ1n) is 8.81. The van der Waals surface area contributed by atoms with Crippen LogP contribution in [0, 0.1) is 11.8 Å². The van der Waals surface area contributed by atoms with Gasteiger partial charge in [0.1, 0.15) is 5.75 Å². The summed E-state index contributed by atoms with van der Waals surface area (Å²) in [4.78, 5) is 2.47. The van der Waals surface area contributed by atoms with Crippen molar-refractivity contribution in [2.75, 3.05) is 25.4 Å². The summed E-state index contributed by atoms with van der Waals surface area (Å²) in [6, 6.07) is 5.61. The Morgan fingerprint density at radius 3 is 2.48 bits per heavy atom. The van der Waals surface area contributed by atoms with Crippen molar-refractivity contribution in [2.24, 2.45) is 11.8 Å². The number of piperidine rings is 1. The smallest absolute Gasteiger partial charge is 0.142 e. The van der Waals surface area contributed by atoms with Crippen LogP contribution in [0.3, 0.4) is 0 Å². The van der Waals surface area contributed by atoms with E-state index in [1.54, 1.807) is 0 Å². The molecule has 3 unspecified atom stereocenters. The molecule has 0 spiro atoms. The van der Waals surface area contributed by atoms with E-state index in [1.807, 2.05) is 32.0 Å². The molecule has 1 aromatic rings. The maximum Gasteiger partial charge on any atom is 0.142 e. The third-order valence-corrected chi connectivity index (χ3v) is 4.44. The number of anilines is 1. The van der Waals surface area contributed by atoms with Crippen molar-refractivity contribution in [3.05, 3.63) is 23.8 Å². The molecule has 1 aliphatic heterocycles. The number of likely N-dealkylation sites (tertiary alicyclic amines) is 1. The monoisotopic (exact) mass is 320 g/mol. The first-order valence-corrected chi connectivity index (χ1v) is 8.81. The minimum absolute atomic E-state index is 0.0937. The maximum atomic E-state index is 10.5. The molecule has 4 nitrogen and oxygen atoms in total. The van der Waals surface area contributed by atoms with E-state index in [1.165, 1.54) is 6.42 Å². The molecule has 2 rings (SSSR count). The van der Waals surface area contributed by atoms with E-state index in [0.29, 0.717) is 11.4 Å². The van der Waals surface area contributed by atoms with Crippen molar-refractivity contribution >= 4 is 5.69 Å². The first-order chi connectivity index (χ1) is 10.8. The lowest BCUT2D eigenvalue weighted by Gasteiger charge is -2.35. The lowest BCUT2D eigenvalue weighted by atomic mass is 9.91. The number of benzene rings is 1. The van der Waals surface area contributed by atoms with Crippen LogP contribution in [0.25, 0.3) is 0 Å². The number of aliphatic hydroxyl groups excluding tert-OH is 1. The molecule has 3 N–H and O–H groups in total. The van der Waals surface area contributed by atoms with Crippen molar-refractivity contribution in [3.63, 3.8) is 0 Å². The highest BCUT2D eigenvalue weighted by atomic mass is 16.5. The van der Waals surface area contributed by atoms with Crippen LogP contribution in [0.15, 0.2) is 18.2 Å². The molecule has 4 heteroatoms. The second-order valence-electron chi connectivity index (χ2n) is 7.47. The molecule has 1 fully saturated rings. The molecular formula is C19H32N2O2. The summed E-state index contributed by atoms with van der Waals surface area (Å²) in [6.45, 7) is 11.8. The van der Waals surface area contributed by atoms with E-state index in [0.717, 1.165) is 43.5 Å². The molecule has 1 aliphatic rings. The molecule has 130 valence electrons. The van der Waals surface area contributed by atoms with Gasteiger partial charge in [0.15, 0.2) is 0 Å². The Labute approximate surface area is 140 Å². The SMILES string of the molecule is CC1CC(C)CN(CCC(O)c2ccc(OC(C)C)c(N)c2)C1. The summed E-state index contributed by atoms with van der Waals surface area (Å²) < 4.78 is 5.64. The summed E-state index contributed by atoms with van der Waals surface area (Å²) >= 11 is 0. The van der Waals surface area contributed by atoms with Crippen LogP contribution in [0.5, 0.6) is 5.75 Å². The molecule has 0 aliphatic carbocycles. The zero-order chi connectivity index (χ0) is 17.0. The van der Waals surface area contributed by atoms with Crippen LogP contribution in [0.1, 0.15) is 52.2 Å². The molecular weight excluding hydrogens is 288 g/mol. The van der Waals surface area contributed by atoms with Gasteiger partial charge in [-0.2, -0.15) is 0 Å². The Balaban J connectivity index is 1.90. The van der Waals surface area contributed by atoms with Crippen LogP contribution < -0.4 is 10.5 Å². The summed E-state index contributed by atoms with van der Waals surface area (Å²) in [5.74, 6) is 2.19. The molecule has 0 amide bonds. The zero-order valence-corrected chi connectivity index (χ0v) is 15.0. The van der Waals surface area contributed by atoms with Gasteiger partial charge < -0.3 is 20.5 Å². The second-order valence-corrected chi connectivity index (χ2v) is 7.47. The lowest BCUT2D eigenvalue weighted by Crippen LogP contribution is -2.39. The van der Waals surface area contributed by atoms with E-state index in [2.05, 4.69) is 18.7 Å². The Morgan fingerprint density at radius 1 is 1.26 bits per heavy atom. The number of aliphatic hydroxyl groups is 1. The van der Waals surface area contributed by atoms with Gasteiger partial charge in [-0.3, -0.25) is 0 Å². The summed E-state index contributed by atoms with van der Waals surface area (Å²) in [7, 11) is 0. The predicted octanol–water partition coefficient (Wildman–Crippen LogP) is 3.46. The van der Waals surface area contributed by atoms with Crippen LogP contribution in [0.4, 0.5) is 5.69 Å². The average Bonchev–Trinajstić information content (AvgIpc) is 2.45. The molecule has 0 aromatic heterocycles. The maximum absolute atomic E-state index is 10.5. The van der Waals surface area contributed by atoms with Gasteiger partial charge in [-0.15, -0.1) is 0 Å². The van der Waals surface area contributed by atoms with Gasteiger partial charge in [0.05, 0.1) is 17.9 Å². The van der Waals surface area contributed by atoms with Crippen LogP contribution in [0.2, 0.25) is 0 Å². The highest BCUT2D eigenvalue weighted by Gasteiger charge is 2.22. The van der Waals surface area contributed by atoms with E-state index >= 15 is 0 Å². The molecule has 1 heterocycles. The quantitative estimate of drug-likeness (QED) is 0.788. The minimum atomic E-state index is -0.474. The fraction of sp³-hybridized carbons (Fsp3) is 0.684. The van der Waals surface area contributed by atoms with Gasteiger partial charge in [0.25, 0.3) is 0 Å². The van der Waals surface area contributed by atoms with Gasteiger partial charge in [0, 0.05) is 19.6 Å². The van der Waals surface area contributed by atoms with Gasteiger partial charge in [-0.05, 0) is 56.2 Å². The second kappa shape index (κ2) is 8.02. The first kappa shape index (κ1) is 18.1. The number of hydrogen-bond donors (Lipinski definition) is 2. The number of nitrogens with two attached hydrogens (primary N) is 1. The lowest BCUT2D eigenvalue weighted by molar-refractivity contribution is 0.103. The Bertz CT molecular complexity index is 494. The highest BCUT2D eigenvalue weighted by molar-refractivity contribution is 5.54. The standard InChI is InChI=1S/C19H32N2O2/c1-13(2)23-19-6-5-16(10-17(19)20)18(22)7-8-21-11-14(3)9-15(4)12-21/h5-6,10,13-15,18,22H,7-9,11-12,20H2,1-4H3. The molecule has 1 saturated heterocycles. The van der Waals surface area contributed by atoms with Crippen LogP contribution in [-0.2, 0) is 0 Å². The molecule has 0 radical (unpaired) electrons. The van der Waals surface area contributed by atoms with Crippen molar-refractivity contribution < 1.29 is 9.84 Å². The Kier molecular flexibility index (Phi) is 6.31. The van der Waals surface area contributed by atoms with Gasteiger partial charge in [-0.25, -0.2) is 0 Å². The number of rotatable bonds is 6. The Hall–Kier alpha value is -1.26. The summed E-state index contributed by atoms with van der Waals surface area (Å²) in [5.41, 5.74) is 7.50. The average molecular weight is 320 g/mol. The molecule has 1 aromatic carbocycles. The van der Waals surface area contributed by atoms with Crippen LogP contribution >= 0.6 is 0 Å². The number of ether oxygens (including phenoxy) is 1. The molecule has 3 atom stereocenters. The van der Waals surface area contributed by atoms with Crippen LogP contribution in [-0.4, -0.2) is 35.7 Å². The highest BCUT2D eigenvalue weighted by Crippen LogP contribution is 2.28. The predicted molar refractivity (Wildman–Crippen MR) is 95.6 cm³/mol. The van der Waals surface area contributed by atoms with E-state index in [4.69, 9.17) is 10.5 Å². The third-order valence-electron chi connectivity index (χ3n) is 4.44. The van der Waals surface area contributed by atoms with Gasteiger partial charge in [0.2, 0.25) is 0 Å². The number of nitrogen functional groups attached to an aromatic ring is 1. The van der Waals surface area contributed by atoms with E-state index in [-0.39, 0.29) is 6.10 Å². The van der Waals surface area contributed by atoms with Crippen molar-refractivity contribution in [1.82, 2.24) is 4.90 Å². The fourth-order valence-corrected chi connectivity index (χ4v) is 3.58.